The zero-order chi connectivity index (χ0) is 48.1. The molecule has 11 aliphatic rings. The van der Waals surface area contributed by atoms with Gasteiger partial charge in [-0.15, -0.1) is 0 Å². The van der Waals surface area contributed by atoms with Crippen molar-refractivity contribution in [3.05, 3.63) is 0 Å². The topological polar surface area (TPSA) is 0 Å². The number of rotatable bonds is 29. The molecule has 0 saturated carbocycles. The van der Waals surface area contributed by atoms with Crippen LogP contribution in [0.5, 0.6) is 0 Å². The zero-order valence-corrected chi connectivity index (χ0v) is 77.2. The van der Waals surface area contributed by atoms with Gasteiger partial charge in [-0.05, 0) is 0 Å². The summed E-state index contributed by atoms with van der Waals surface area (Å²) in [4.78, 5) is 0. The second-order valence-corrected chi connectivity index (χ2v) is 157. The van der Waals surface area contributed by atoms with Crippen LogP contribution in [0.4, 0.5) is 0 Å². The summed E-state index contributed by atoms with van der Waals surface area (Å²) in [6.07, 6.45) is 0. The molecular weight excluding hydrogens is 2070 g/mol. The van der Waals surface area contributed by atoms with Crippen LogP contribution in [0.2, 0.25) is 0 Å². The van der Waals surface area contributed by atoms with E-state index in [2.05, 4.69) is 277 Å². The second-order valence-electron chi connectivity index (χ2n) is 16.4. The summed E-state index contributed by atoms with van der Waals surface area (Å²) in [5.41, 5.74) is 0. The van der Waals surface area contributed by atoms with Crippen molar-refractivity contribution in [2.45, 2.75) is 52.5 Å². The minimum absolute atomic E-state index is 1.03. The van der Waals surface area contributed by atoms with Crippen LogP contribution >= 0.6 is 277 Å². The van der Waals surface area contributed by atoms with Gasteiger partial charge in [0.1, 0.15) is 0 Å². The van der Waals surface area contributed by atoms with Crippen molar-refractivity contribution in [2.75, 3.05) is 155 Å². The SMILES string of the molecule is C(C[S][Sb]([S]C1CSC1)[S]C1CSC1)[S][Sb]([S]C1CSC1)[S]C1CSC1.C([S][Sb]([S]C1CSC1)[S]C1CSC1)[S][Sb]([S]C1CSC1)[S]C1CSC1.C1C[S][Sb]([S]C2CSC2)[S]CC[S][Sb]([S]C2CSC2)[S]1. The van der Waals surface area contributed by atoms with Crippen LogP contribution in [0, 0.1) is 0 Å². The minimum atomic E-state index is -1.17. The molecule has 410 valence electrons. The van der Waals surface area contributed by atoms with Crippen LogP contribution in [0.15, 0.2) is 0 Å². The van der Waals surface area contributed by atoms with E-state index >= 15 is 0 Å². The van der Waals surface area contributed by atoms with E-state index in [4.69, 9.17) is 0 Å². The molecule has 11 saturated heterocycles. The van der Waals surface area contributed by atoms with Gasteiger partial charge in [0, 0.05) is 0 Å². The fourth-order valence-corrected chi connectivity index (χ4v) is 221. The van der Waals surface area contributed by atoms with Crippen molar-refractivity contribution in [3.63, 3.8) is 0 Å². The summed E-state index contributed by atoms with van der Waals surface area (Å²) in [6.45, 7) is 0. The summed E-state index contributed by atoms with van der Waals surface area (Å²) in [7, 11) is 44.4. The molecule has 0 aromatic rings. The Morgan fingerprint density at radius 1 is 0.268 bits per heavy atom. The Labute approximate surface area is 566 Å². The average Bonchev–Trinajstić information content (AvgIpc) is 3.22. The van der Waals surface area contributed by atoms with Crippen LogP contribution in [-0.4, -0.2) is 303 Å². The van der Waals surface area contributed by atoms with Crippen molar-refractivity contribution in [1.29, 1.82) is 0 Å². The molecule has 0 bridgehead atoms. The van der Waals surface area contributed by atoms with Gasteiger partial charge >= 0.3 is 580 Å². The molecule has 0 radical (unpaired) electrons. The van der Waals surface area contributed by atoms with Crippen molar-refractivity contribution in [3.8, 4) is 0 Å². The molecule has 0 spiro atoms. The molecule has 0 aromatic carbocycles. The normalized spacial score (nSPS) is 26.4. The fourth-order valence-electron chi connectivity index (χ4n) is 5.29. The Morgan fingerprint density at radius 3 is 0.648 bits per heavy atom. The predicted molar refractivity (Wildman–Crippen MR) is 416 cm³/mol. The fraction of sp³-hybridized carbons (Fsp3) is 1.00. The number of hydrogen-bond donors (Lipinski definition) is 0. The van der Waals surface area contributed by atoms with Crippen molar-refractivity contribution < 1.29 is 0 Å². The third kappa shape index (κ3) is 28.9. The molecule has 71 heavy (non-hydrogen) atoms. The van der Waals surface area contributed by atoms with Gasteiger partial charge in [0.05, 0.1) is 0 Å². The molecule has 0 aromatic heterocycles. The zero-order valence-electron chi connectivity index (χ0n) is 39.0. The quantitative estimate of drug-likeness (QED) is 0.0396. The first kappa shape index (κ1) is 70.0. The molecule has 0 N–H and O–H groups in total. The van der Waals surface area contributed by atoms with Gasteiger partial charge in [-0.25, -0.2) is 0 Å². The Bertz CT molecular complexity index is 1250. The Kier molecular flexibility index (Phi) is 42.3. The first-order valence-electron chi connectivity index (χ1n) is 23.4. The van der Waals surface area contributed by atoms with Gasteiger partial charge in [0.25, 0.3) is 0 Å². The van der Waals surface area contributed by atoms with E-state index in [-0.39, 0.29) is 0 Å². The van der Waals surface area contributed by atoms with Gasteiger partial charge < -0.3 is 0 Å². The molecule has 11 fully saturated rings. The van der Waals surface area contributed by atoms with E-state index in [0.29, 0.717) is 0 Å². The average molecular weight is 2140 g/mol. The van der Waals surface area contributed by atoms with Crippen molar-refractivity contribution in [2.24, 2.45) is 0 Å². The molecule has 0 amide bonds. The number of hydrogen-bond acceptors (Lipinski definition) is 28. The number of thioether (sulfide) groups is 10. The van der Waals surface area contributed by atoms with Crippen LogP contribution in [0.25, 0.3) is 0 Å². The molecular formula is C37H64S28Sb6. The first-order valence-corrected chi connectivity index (χ1v) is 107. The van der Waals surface area contributed by atoms with E-state index in [1.165, 1.54) is 155 Å². The summed E-state index contributed by atoms with van der Waals surface area (Å²) < 4.78 is 0. The second kappa shape index (κ2) is 42.8. The van der Waals surface area contributed by atoms with Crippen LogP contribution in [-0.2, 0) is 0 Å². The van der Waals surface area contributed by atoms with E-state index < -0.39 is 96.0 Å². The third-order valence-corrected chi connectivity index (χ3v) is 179. The van der Waals surface area contributed by atoms with Crippen molar-refractivity contribution in [1.82, 2.24) is 0 Å². The predicted octanol–water partition coefficient (Wildman–Crippen LogP) is 16.2. The molecule has 0 nitrogen and oxygen atoms in total. The van der Waals surface area contributed by atoms with Crippen LogP contribution in [0.3, 0.4) is 0 Å². The standard InChI is InChI=1S/10C3H6S2.3C2H6S2.CH4S2.6Sb/c10*4-3-1-5-2-3;3*3-1-2-4;2-1-3;;;;;;/h10*3-4H,1-2H2;3*3-4H,1-2H2;2-3H,1H2;;;;;;/q;;;;;;;;;;;;;;6*+3/p-18. The Morgan fingerprint density at radius 2 is 0.465 bits per heavy atom. The maximum atomic E-state index is 2.49. The summed E-state index contributed by atoms with van der Waals surface area (Å²) in [5.74, 6) is 37.8. The summed E-state index contributed by atoms with van der Waals surface area (Å²) in [5, 5.41) is 11.8. The molecule has 11 aliphatic heterocycles. The van der Waals surface area contributed by atoms with Gasteiger partial charge in [-0.1, -0.05) is 0 Å². The van der Waals surface area contributed by atoms with E-state index in [0.717, 1.165) is 52.5 Å². The molecule has 0 aliphatic carbocycles. The molecule has 0 atom stereocenters. The molecule has 0 unspecified atom stereocenters. The Hall–Kier alpha value is 14.7. The van der Waals surface area contributed by atoms with Gasteiger partial charge in [0.15, 0.2) is 0 Å². The van der Waals surface area contributed by atoms with Gasteiger partial charge in [-0.2, -0.15) is 0 Å². The molecule has 34 heteroatoms. The molecule has 11 heterocycles. The van der Waals surface area contributed by atoms with Crippen molar-refractivity contribution >= 4 is 373 Å². The van der Waals surface area contributed by atoms with E-state index in [1.807, 2.05) is 0 Å². The van der Waals surface area contributed by atoms with E-state index in [9.17, 15) is 0 Å². The van der Waals surface area contributed by atoms with Gasteiger partial charge in [-0.3, -0.25) is 0 Å². The van der Waals surface area contributed by atoms with Crippen LogP contribution in [0.1, 0.15) is 0 Å². The summed E-state index contributed by atoms with van der Waals surface area (Å²) >= 11 is 14.8. The molecule has 11 rings (SSSR count). The first-order chi connectivity index (χ1) is 35.1. The third-order valence-electron chi connectivity index (χ3n) is 10.2. The Balaban J connectivity index is 0.000000133. The van der Waals surface area contributed by atoms with Gasteiger partial charge in [0.2, 0.25) is 0 Å². The monoisotopic (exact) mass is 2130 g/mol. The summed E-state index contributed by atoms with van der Waals surface area (Å²) in [6, 6.07) is 0. The maximum absolute atomic E-state index is 2.49. The van der Waals surface area contributed by atoms with Crippen LogP contribution < -0.4 is 0 Å². The van der Waals surface area contributed by atoms with E-state index in [1.54, 1.807) is 0 Å².